The second-order valence-corrected chi connectivity index (χ2v) is 7.63. The van der Waals surface area contributed by atoms with Gasteiger partial charge in [-0.2, -0.15) is 5.10 Å². The van der Waals surface area contributed by atoms with Gasteiger partial charge in [0.1, 0.15) is 11.6 Å². The van der Waals surface area contributed by atoms with Gasteiger partial charge >= 0.3 is 0 Å². The van der Waals surface area contributed by atoms with Crippen molar-refractivity contribution in [3.05, 3.63) is 69.6 Å². The van der Waals surface area contributed by atoms with Crippen LogP contribution in [0.15, 0.2) is 47.1 Å². The molecule has 142 valence electrons. The van der Waals surface area contributed by atoms with E-state index in [2.05, 4.69) is 26.3 Å². The van der Waals surface area contributed by atoms with Crippen LogP contribution in [0.5, 0.6) is 11.5 Å². The number of hydrogen-bond donors (Lipinski definition) is 1. The molecule has 0 bridgehead atoms. The Labute approximate surface area is 168 Å². The summed E-state index contributed by atoms with van der Waals surface area (Å²) in [7, 11) is 0. The van der Waals surface area contributed by atoms with E-state index in [-0.39, 0.29) is 24.4 Å². The molecule has 0 radical (unpaired) electrons. The summed E-state index contributed by atoms with van der Waals surface area (Å²) in [5.41, 5.74) is 2.77. The van der Waals surface area contributed by atoms with Gasteiger partial charge in [0.05, 0.1) is 17.2 Å². The lowest BCUT2D eigenvalue weighted by atomic mass is 9.87. The van der Waals surface area contributed by atoms with Gasteiger partial charge in [-0.1, -0.05) is 12.1 Å². The van der Waals surface area contributed by atoms with Crippen molar-refractivity contribution in [2.75, 3.05) is 12.1 Å². The number of anilines is 1. The first-order chi connectivity index (χ1) is 13.6. The summed E-state index contributed by atoms with van der Waals surface area (Å²) in [5.74, 6) is 1.50. The van der Waals surface area contributed by atoms with Gasteiger partial charge in [-0.05, 0) is 51.3 Å². The van der Waals surface area contributed by atoms with Gasteiger partial charge in [-0.3, -0.25) is 4.79 Å². The number of nitrogens with one attached hydrogen (secondary N) is 1. The second-order valence-electron chi connectivity index (χ2n) is 6.77. The summed E-state index contributed by atoms with van der Waals surface area (Å²) in [6, 6.07) is 10.6. The van der Waals surface area contributed by atoms with Crippen LogP contribution in [-0.2, 0) is 11.3 Å². The minimum atomic E-state index is -0.331. The van der Waals surface area contributed by atoms with E-state index in [4.69, 9.17) is 9.47 Å². The Morgan fingerprint density at radius 1 is 1.21 bits per heavy atom. The maximum Gasteiger partial charge on any atom is 0.231 e. The highest BCUT2D eigenvalue weighted by Gasteiger charge is 2.30. The molecule has 28 heavy (non-hydrogen) atoms. The SMILES string of the molecule is O=C1CC(c2ccc(F)c(Br)c2)c2cnn(Cc3ccc4c(c3)OCO4)c2N1. The number of rotatable bonds is 3. The number of carbonyl (C=O) groups excluding carboxylic acids is 1. The van der Waals surface area contributed by atoms with E-state index < -0.39 is 0 Å². The summed E-state index contributed by atoms with van der Waals surface area (Å²) in [6.45, 7) is 0.701. The first kappa shape index (κ1) is 17.2. The van der Waals surface area contributed by atoms with E-state index in [1.54, 1.807) is 23.0 Å². The molecule has 8 heteroatoms. The van der Waals surface area contributed by atoms with E-state index in [1.165, 1.54) is 6.07 Å². The lowest BCUT2D eigenvalue weighted by Crippen LogP contribution is -2.25. The summed E-state index contributed by atoms with van der Waals surface area (Å²) in [6.07, 6.45) is 2.06. The third-order valence-electron chi connectivity index (χ3n) is 5.01. The Bertz CT molecular complexity index is 1100. The van der Waals surface area contributed by atoms with E-state index in [0.29, 0.717) is 29.0 Å². The lowest BCUT2D eigenvalue weighted by molar-refractivity contribution is -0.116. The number of aromatic nitrogens is 2. The molecule has 2 aliphatic heterocycles. The van der Waals surface area contributed by atoms with Gasteiger partial charge in [-0.15, -0.1) is 0 Å². The van der Waals surface area contributed by atoms with Crippen molar-refractivity contribution in [1.82, 2.24) is 9.78 Å². The van der Waals surface area contributed by atoms with Crippen LogP contribution in [0.3, 0.4) is 0 Å². The van der Waals surface area contributed by atoms with Crippen molar-refractivity contribution in [3.63, 3.8) is 0 Å². The number of nitrogens with zero attached hydrogens (tertiary/aromatic N) is 2. The Hall–Kier alpha value is -2.87. The highest BCUT2D eigenvalue weighted by Crippen LogP contribution is 2.39. The Kier molecular flexibility index (Phi) is 4.08. The lowest BCUT2D eigenvalue weighted by Gasteiger charge is -2.24. The van der Waals surface area contributed by atoms with Gasteiger partial charge in [0.25, 0.3) is 0 Å². The number of fused-ring (bicyclic) bond motifs is 2. The van der Waals surface area contributed by atoms with E-state index >= 15 is 0 Å². The van der Waals surface area contributed by atoms with Crippen LogP contribution in [-0.4, -0.2) is 22.5 Å². The van der Waals surface area contributed by atoms with Crippen molar-refractivity contribution in [3.8, 4) is 11.5 Å². The van der Waals surface area contributed by atoms with Crippen LogP contribution in [0, 0.1) is 5.82 Å². The van der Waals surface area contributed by atoms with Gasteiger partial charge in [0, 0.05) is 17.9 Å². The average Bonchev–Trinajstić information content (AvgIpc) is 3.30. The molecule has 2 aliphatic rings. The Morgan fingerprint density at radius 2 is 2.07 bits per heavy atom. The number of benzene rings is 2. The molecular weight excluding hydrogens is 429 g/mol. The maximum absolute atomic E-state index is 13.6. The monoisotopic (exact) mass is 443 g/mol. The predicted octanol–water partition coefficient (Wildman–Crippen LogP) is 4.04. The molecular formula is C20H15BrFN3O3. The predicted molar refractivity (Wildman–Crippen MR) is 103 cm³/mol. The summed E-state index contributed by atoms with van der Waals surface area (Å²) >= 11 is 3.22. The average molecular weight is 444 g/mol. The maximum atomic E-state index is 13.6. The van der Waals surface area contributed by atoms with Crippen LogP contribution < -0.4 is 14.8 Å². The molecule has 0 fully saturated rings. The molecule has 2 aromatic carbocycles. The van der Waals surface area contributed by atoms with Crippen LogP contribution in [0.1, 0.15) is 29.0 Å². The van der Waals surface area contributed by atoms with Crippen LogP contribution in [0.4, 0.5) is 10.2 Å². The topological polar surface area (TPSA) is 65.4 Å². The molecule has 0 aliphatic carbocycles. The molecule has 5 rings (SSSR count). The molecule has 1 atom stereocenters. The van der Waals surface area contributed by atoms with Gasteiger partial charge in [0.15, 0.2) is 11.5 Å². The first-order valence-electron chi connectivity index (χ1n) is 8.77. The first-order valence-corrected chi connectivity index (χ1v) is 9.57. The zero-order valence-corrected chi connectivity index (χ0v) is 16.2. The molecule has 6 nitrogen and oxygen atoms in total. The number of halogens is 2. The van der Waals surface area contributed by atoms with Crippen LogP contribution in [0.2, 0.25) is 0 Å². The van der Waals surface area contributed by atoms with E-state index in [0.717, 1.165) is 22.4 Å². The van der Waals surface area contributed by atoms with Crippen LogP contribution in [0.25, 0.3) is 0 Å². The molecule has 3 aromatic rings. The molecule has 0 spiro atoms. The zero-order chi connectivity index (χ0) is 19.3. The van der Waals surface area contributed by atoms with Gasteiger partial charge in [0.2, 0.25) is 12.7 Å². The quantitative estimate of drug-likeness (QED) is 0.663. The van der Waals surface area contributed by atoms with E-state index in [9.17, 15) is 9.18 Å². The minimum Gasteiger partial charge on any atom is -0.454 e. The minimum absolute atomic E-state index is 0.0922. The number of amides is 1. The fraction of sp³-hybridized carbons (Fsp3) is 0.200. The molecule has 1 unspecified atom stereocenters. The third kappa shape index (κ3) is 2.93. The summed E-state index contributed by atoms with van der Waals surface area (Å²) in [4.78, 5) is 12.3. The Balaban J connectivity index is 1.49. The van der Waals surface area contributed by atoms with Gasteiger partial charge < -0.3 is 14.8 Å². The number of hydrogen-bond acceptors (Lipinski definition) is 4. The number of carbonyl (C=O) groups is 1. The summed E-state index contributed by atoms with van der Waals surface area (Å²) < 4.78 is 26.5. The fourth-order valence-corrected chi connectivity index (χ4v) is 4.03. The standard InChI is InChI=1S/C20H15BrFN3O3/c21-15-6-12(2-3-16(15)22)13-7-19(26)24-20-14(13)8-23-25(20)9-11-1-4-17-18(5-11)28-10-27-17/h1-6,8,13H,7,9-10H2,(H,24,26). The second kappa shape index (κ2) is 6.63. The van der Waals surface area contributed by atoms with Crippen LogP contribution >= 0.6 is 15.9 Å². The molecule has 0 saturated heterocycles. The molecule has 1 amide bonds. The molecule has 3 heterocycles. The third-order valence-corrected chi connectivity index (χ3v) is 5.61. The summed E-state index contributed by atoms with van der Waals surface area (Å²) in [5, 5.41) is 7.41. The zero-order valence-electron chi connectivity index (χ0n) is 14.6. The van der Waals surface area contributed by atoms with Gasteiger partial charge in [-0.25, -0.2) is 9.07 Å². The van der Waals surface area contributed by atoms with Crippen molar-refractivity contribution in [2.45, 2.75) is 18.9 Å². The molecule has 1 N–H and O–H groups in total. The highest BCUT2D eigenvalue weighted by atomic mass is 79.9. The molecule has 1 aromatic heterocycles. The smallest absolute Gasteiger partial charge is 0.231 e. The van der Waals surface area contributed by atoms with E-state index in [1.807, 2.05) is 18.2 Å². The normalized spacial score (nSPS) is 17.4. The van der Waals surface area contributed by atoms with Crippen molar-refractivity contribution in [1.29, 1.82) is 0 Å². The largest absolute Gasteiger partial charge is 0.454 e. The molecule has 0 saturated carbocycles. The Morgan fingerprint density at radius 3 is 2.93 bits per heavy atom. The van der Waals surface area contributed by atoms with Crippen molar-refractivity contribution < 1.29 is 18.7 Å². The fourth-order valence-electron chi connectivity index (χ4n) is 3.63. The van der Waals surface area contributed by atoms with Crippen molar-refractivity contribution >= 4 is 27.7 Å². The van der Waals surface area contributed by atoms with Crippen molar-refractivity contribution in [2.24, 2.45) is 0 Å². The highest BCUT2D eigenvalue weighted by molar-refractivity contribution is 9.10. The number of ether oxygens (including phenoxy) is 2.